The zero-order chi connectivity index (χ0) is 13.3. The maximum atomic E-state index is 11.8. The number of aliphatic hydroxyl groups excluding tert-OH is 1. The molecule has 3 N–H and O–H groups in total. The molecule has 1 aromatic carbocycles. The SMILES string of the molecule is CCS(=O)(=O)[C@](Cl)(I)[C@@H](O)c1ccc(N)cc1. The van der Waals surface area contributed by atoms with Gasteiger partial charge in [0.25, 0.3) is 0 Å². The Kier molecular flexibility index (Phi) is 4.67. The van der Waals surface area contributed by atoms with Crippen LogP contribution in [0.1, 0.15) is 18.6 Å². The highest BCUT2D eigenvalue weighted by Gasteiger charge is 2.45. The molecule has 96 valence electrons. The van der Waals surface area contributed by atoms with Gasteiger partial charge in [0.05, 0.1) is 5.75 Å². The average Bonchev–Trinajstić information content (AvgIpc) is 2.28. The van der Waals surface area contributed by atoms with Gasteiger partial charge in [-0.1, -0.05) is 30.7 Å². The van der Waals surface area contributed by atoms with Crippen molar-refractivity contribution in [3.63, 3.8) is 0 Å². The third kappa shape index (κ3) is 3.04. The maximum Gasteiger partial charge on any atom is 0.225 e. The first-order chi connectivity index (χ1) is 7.72. The summed E-state index contributed by atoms with van der Waals surface area (Å²) in [6, 6.07) is 6.28. The normalized spacial score (nSPS) is 17.4. The van der Waals surface area contributed by atoms with Gasteiger partial charge >= 0.3 is 0 Å². The Morgan fingerprint density at radius 3 is 2.35 bits per heavy atom. The molecule has 17 heavy (non-hydrogen) atoms. The number of nitrogens with two attached hydrogens (primary N) is 1. The smallest absolute Gasteiger partial charge is 0.225 e. The molecule has 0 fully saturated rings. The number of aliphatic hydroxyl groups is 1. The molecule has 2 atom stereocenters. The van der Waals surface area contributed by atoms with Crippen LogP contribution in [0.5, 0.6) is 0 Å². The molecular weight excluding hydrogens is 377 g/mol. The molecule has 0 heterocycles. The molecule has 0 aliphatic carbocycles. The second kappa shape index (κ2) is 5.29. The van der Waals surface area contributed by atoms with Crippen LogP contribution in [0.15, 0.2) is 24.3 Å². The largest absolute Gasteiger partial charge is 0.399 e. The Hall–Kier alpha value is -0.0500. The molecule has 1 aromatic rings. The van der Waals surface area contributed by atoms with Crippen LogP contribution < -0.4 is 5.73 Å². The van der Waals surface area contributed by atoms with Crippen LogP contribution in [0.4, 0.5) is 5.69 Å². The number of alkyl halides is 2. The summed E-state index contributed by atoms with van der Waals surface area (Å²) in [6.07, 6.45) is -1.31. The van der Waals surface area contributed by atoms with E-state index in [9.17, 15) is 13.5 Å². The molecule has 4 nitrogen and oxygen atoms in total. The number of anilines is 1. The predicted octanol–water partition coefficient (Wildman–Crippen LogP) is 2.06. The standard InChI is InChI=1S/C10H13ClINO3S/c1-2-17(15,16)10(11,12)9(14)7-3-5-8(13)6-4-7/h3-6,9,14H,2,13H2,1H3/t9-,10+/m0/s1. The van der Waals surface area contributed by atoms with Gasteiger partial charge in [-0.2, -0.15) is 0 Å². The van der Waals surface area contributed by atoms with E-state index in [0.29, 0.717) is 11.3 Å². The van der Waals surface area contributed by atoms with Gasteiger partial charge in [0, 0.05) is 5.69 Å². The summed E-state index contributed by atoms with van der Waals surface area (Å²) in [5.74, 6) is -0.133. The molecular formula is C10H13ClINO3S. The molecule has 1 rings (SSSR count). The highest BCUT2D eigenvalue weighted by Crippen LogP contribution is 2.43. The quantitative estimate of drug-likeness (QED) is 0.469. The van der Waals surface area contributed by atoms with E-state index in [2.05, 4.69) is 0 Å². The zero-order valence-electron chi connectivity index (χ0n) is 9.10. The summed E-state index contributed by atoms with van der Waals surface area (Å²) < 4.78 is 21.8. The fourth-order valence-corrected chi connectivity index (χ4v) is 3.84. The minimum absolute atomic E-state index is 0.133. The molecule has 0 amide bonds. The Morgan fingerprint density at radius 2 is 1.94 bits per heavy atom. The maximum absolute atomic E-state index is 11.8. The molecule has 0 aromatic heterocycles. The third-order valence-corrected chi connectivity index (χ3v) is 7.69. The Balaban J connectivity index is 3.12. The molecule has 0 aliphatic heterocycles. The molecule has 0 spiro atoms. The van der Waals surface area contributed by atoms with Crippen LogP contribution in [0.25, 0.3) is 0 Å². The van der Waals surface area contributed by atoms with Crippen molar-refractivity contribution in [3.8, 4) is 0 Å². The van der Waals surface area contributed by atoms with Gasteiger partial charge in [0.2, 0.25) is 2.21 Å². The van der Waals surface area contributed by atoms with Crippen molar-refractivity contribution in [1.82, 2.24) is 0 Å². The van der Waals surface area contributed by atoms with E-state index < -0.39 is 18.2 Å². The van der Waals surface area contributed by atoms with E-state index in [1.165, 1.54) is 6.92 Å². The minimum atomic E-state index is -3.58. The first-order valence-electron chi connectivity index (χ1n) is 4.86. The monoisotopic (exact) mass is 389 g/mol. The average molecular weight is 390 g/mol. The summed E-state index contributed by atoms with van der Waals surface area (Å²) in [7, 11) is -3.58. The van der Waals surface area contributed by atoms with E-state index >= 15 is 0 Å². The van der Waals surface area contributed by atoms with Crippen molar-refractivity contribution < 1.29 is 13.5 Å². The van der Waals surface area contributed by atoms with Crippen molar-refractivity contribution in [2.24, 2.45) is 0 Å². The van der Waals surface area contributed by atoms with Gasteiger partial charge in [0.15, 0.2) is 9.84 Å². The number of nitrogen functional groups attached to an aromatic ring is 1. The van der Waals surface area contributed by atoms with Crippen molar-refractivity contribution in [3.05, 3.63) is 29.8 Å². The number of hydrogen-bond acceptors (Lipinski definition) is 4. The minimum Gasteiger partial charge on any atom is -0.399 e. The first-order valence-corrected chi connectivity index (χ1v) is 7.97. The highest BCUT2D eigenvalue weighted by molar-refractivity contribution is 14.1. The van der Waals surface area contributed by atoms with Crippen LogP contribution in [-0.4, -0.2) is 21.5 Å². The van der Waals surface area contributed by atoms with Gasteiger partial charge < -0.3 is 10.8 Å². The Bertz CT molecular complexity index is 487. The van der Waals surface area contributed by atoms with Crippen molar-refractivity contribution >= 4 is 49.7 Å². The third-order valence-electron chi connectivity index (χ3n) is 2.37. The molecule has 7 heteroatoms. The van der Waals surface area contributed by atoms with E-state index in [1.807, 2.05) is 0 Å². The van der Waals surface area contributed by atoms with E-state index in [1.54, 1.807) is 46.9 Å². The fourth-order valence-electron chi connectivity index (χ4n) is 1.23. The van der Waals surface area contributed by atoms with Gasteiger partial charge in [-0.3, -0.25) is 0 Å². The molecule has 0 bridgehead atoms. The van der Waals surface area contributed by atoms with Crippen LogP contribution >= 0.6 is 34.2 Å². The molecule has 0 radical (unpaired) electrons. The summed E-state index contributed by atoms with van der Waals surface area (Å²) >= 11 is 7.52. The lowest BCUT2D eigenvalue weighted by molar-refractivity contribution is 0.187. The van der Waals surface area contributed by atoms with E-state index in [0.717, 1.165) is 0 Å². The second-order valence-corrected chi connectivity index (χ2v) is 9.88. The number of hydrogen-bond donors (Lipinski definition) is 2. The molecule has 0 unspecified atom stereocenters. The number of sulfone groups is 1. The second-order valence-electron chi connectivity index (χ2n) is 3.53. The topological polar surface area (TPSA) is 80.4 Å². The number of benzene rings is 1. The lowest BCUT2D eigenvalue weighted by atomic mass is 10.1. The fraction of sp³-hybridized carbons (Fsp3) is 0.400. The first kappa shape index (κ1) is 15.0. The van der Waals surface area contributed by atoms with E-state index in [4.69, 9.17) is 17.3 Å². The van der Waals surface area contributed by atoms with Gasteiger partial charge in [0.1, 0.15) is 6.10 Å². The molecule has 0 saturated heterocycles. The summed E-state index contributed by atoms with van der Waals surface area (Å²) in [5.41, 5.74) is 6.47. The van der Waals surface area contributed by atoms with Crippen molar-refractivity contribution in [1.29, 1.82) is 0 Å². The summed E-state index contributed by atoms with van der Waals surface area (Å²) in [5, 5.41) is 10.0. The number of rotatable bonds is 4. The lowest BCUT2D eigenvalue weighted by Gasteiger charge is -2.25. The molecule has 0 saturated carbocycles. The highest BCUT2D eigenvalue weighted by atomic mass is 127. The zero-order valence-corrected chi connectivity index (χ0v) is 12.8. The lowest BCUT2D eigenvalue weighted by Crippen LogP contribution is -2.34. The van der Waals surface area contributed by atoms with Crippen LogP contribution in [0.2, 0.25) is 0 Å². The van der Waals surface area contributed by atoms with Crippen molar-refractivity contribution in [2.45, 2.75) is 15.2 Å². The number of halogens is 2. The van der Waals surface area contributed by atoms with Gasteiger partial charge in [-0.05, 0) is 40.3 Å². The van der Waals surface area contributed by atoms with Crippen LogP contribution in [0.3, 0.4) is 0 Å². The van der Waals surface area contributed by atoms with Crippen LogP contribution in [-0.2, 0) is 9.84 Å². The van der Waals surface area contributed by atoms with E-state index in [-0.39, 0.29) is 5.75 Å². The Morgan fingerprint density at radius 1 is 1.47 bits per heavy atom. The van der Waals surface area contributed by atoms with Crippen LogP contribution in [0, 0.1) is 0 Å². The summed E-state index contributed by atoms with van der Waals surface area (Å²) in [4.78, 5) is 0. The van der Waals surface area contributed by atoms with Gasteiger partial charge in [-0.15, -0.1) is 0 Å². The van der Waals surface area contributed by atoms with Gasteiger partial charge in [-0.25, -0.2) is 8.42 Å². The summed E-state index contributed by atoms with van der Waals surface area (Å²) in [6.45, 7) is 1.49. The molecule has 0 aliphatic rings. The van der Waals surface area contributed by atoms with Crippen molar-refractivity contribution in [2.75, 3.05) is 11.5 Å². The predicted molar refractivity (Wildman–Crippen MR) is 77.9 cm³/mol. The Labute approximate surface area is 119 Å².